The Labute approximate surface area is 154 Å². The van der Waals surface area contributed by atoms with Gasteiger partial charge in [0.15, 0.2) is 0 Å². The number of nitrogens with zero attached hydrogens (tertiary/aromatic N) is 4. The van der Waals surface area contributed by atoms with Crippen LogP contribution in [0.25, 0.3) is 0 Å². The van der Waals surface area contributed by atoms with Gasteiger partial charge in [0.1, 0.15) is 0 Å². The third-order valence-electron chi connectivity index (χ3n) is 5.24. The molecule has 0 aliphatic carbocycles. The van der Waals surface area contributed by atoms with E-state index in [9.17, 15) is 9.59 Å². The van der Waals surface area contributed by atoms with Gasteiger partial charge in [-0.25, -0.2) is 4.68 Å². The summed E-state index contributed by atoms with van der Waals surface area (Å²) in [7, 11) is 1.64. The number of carbonyl (C=O) groups is 1. The van der Waals surface area contributed by atoms with Gasteiger partial charge in [-0.3, -0.25) is 14.5 Å². The Bertz CT molecular complexity index is 648. The van der Waals surface area contributed by atoms with Crippen molar-refractivity contribution in [1.29, 1.82) is 0 Å². The van der Waals surface area contributed by atoms with E-state index < -0.39 is 0 Å². The van der Waals surface area contributed by atoms with E-state index in [-0.39, 0.29) is 17.4 Å². The molecule has 8 nitrogen and oxygen atoms in total. The molecule has 0 atom stereocenters. The fourth-order valence-electron chi connectivity index (χ4n) is 3.52. The van der Waals surface area contributed by atoms with Crippen molar-refractivity contribution in [1.82, 2.24) is 20.0 Å². The van der Waals surface area contributed by atoms with Crippen LogP contribution in [0.4, 0.5) is 5.69 Å². The third-order valence-corrected chi connectivity index (χ3v) is 5.24. The zero-order valence-corrected chi connectivity index (χ0v) is 15.5. The number of hydrogen-bond donors (Lipinski definition) is 1. The highest BCUT2D eigenvalue weighted by Crippen LogP contribution is 2.21. The van der Waals surface area contributed by atoms with Crippen molar-refractivity contribution in [2.75, 3.05) is 57.4 Å². The lowest BCUT2D eigenvalue weighted by molar-refractivity contribution is -0.125. The first-order valence-corrected chi connectivity index (χ1v) is 9.49. The lowest BCUT2D eigenvalue weighted by atomic mass is 9.95. The number of anilines is 1. The lowest BCUT2D eigenvalue weighted by Crippen LogP contribution is -2.42. The van der Waals surface area contributed by atoms with Crippen LogP contribution in [0.2, 0.25) is 0 Å². The van der Waals surface area contributed by atoms with Crippen molar-refractivity contribution < 1.29 is 9.53 Å². The molecule has 0 aromatic carbocycles. The number of carbonyl (C=O) groups excluding carboxylic acids is 1. The summed E-state index contributed by atoms with van der Waals surface area (Å²) in [6, 6.07) is 1.61. The molecule has 1 N–H and O–H groups in total. The summed E-state index contributed by atoms with van der Waals surface area (Å²) in [4.78, 5) is 28.6. The van der Waals surface area contributed by atoms with E-state index >= 15 is 0 Å². The fourth-order valence-corrected chi connectivity index (χ4v) is 3.52. The molecule has 0 unspecified atom stereocenters. The first-order valence-electron chi connectivity index (χ1n) is 9.49. The average molecular weight is 363 g/mol. The number of aryl methyl sites for hydroxylation is 1. The molecule has 1 aromatic heterocycles. The van der Waals surface area contributed by atoms with Crippen LogP contribution in [0.1, 0.15) is 19.3 Å². The number of ether oxygens (including phenoxy) is 1. The monoisotopic (exact) mass is 363 g/mol. The first-order chi connectivity index (χ1) is 12.6. The van der Waals surface area contributed by atoms with E-state index in [0.717, 1.165) is 77.4 Å². The highest BCUT2D eigenvalue weighted by atomic mass is 16.5. The van der Waals surface area contributed by atoms with E-state index in [0.29, 0.717) is 0 Å². The zero-order valence-electron chi connectivity index (χ0n) is 15.5. The summed E-state index contributed by atoms with van der Waals surface area (Å²) < 4.78 is 6.66. The minimum atomic E-state index is -0.109. The van der Waals surface area contributed by atoms with Crippen LogP contribution >= 0.6 is 0 Å². The summed E-state index contributed by atoms with van der Waals surface area (Å²) in [5.74, 6) is 0.225. The lowest BCUT2D eigenvalue weighted by Gasteiger charge is -2.32. The summed E-state index contributed by atoms with van der Waals surface area (Å²) in [6.45, 7) is 6.91. The van der Waals surface area contributed by atoms with E-state index in [4.69, 9.17) is 4.74 Å². The van der Waals surface area contributed by atoms with Crippen LogP contribution in [0.15, 0.2) is 17.1 Å². The van der Waals surface area contributed by atoms with Gasteiger partial charge in [-0.1, -0.05) is 0 Å². The molecular weight excluding hydrogens is 334 g/mol. The van der Waals surface area contributed by atoms with Gasteiger partial charge in [0.25, 0.3) is 5.56 Å². The molecule has 144 valence electrons. The molecule has 0 bridgehead atoms. The molecule has 2 aliphatic heterocycles. The summed E-state index contributed by atoms with van der Waals surface area (Å²) in [5.41, 5.74) is 0.736. The molecule has 8 heteroatoms. The molecular formula is C18H29N5O3. The van der Waals surface area contributed by atoms with Gasteiger partial charge in [0.2, 0.25) is 5.91 Å². The van der Waals surface area contributed by atoms with Gasteiger partial charge in [-0.05, 0) is 25.8 Å². The summed E-state index contributed by atoms with van der Waals surface area (Å²) in [5, 5.41) is 7.15. The number of piperidine rings is 1. The minimum Gasteiger partial charge on any atom is -0.379 e. The maximum absolute atomic E-state index is 12.4. The van der Waals surface area contributed by atoms with E-state index in [1.807, 2.05) is 0 Å². The number of hydrogen-bond acceptors (Lipinski definition) is 6. The molecule has 0 spiro atoms. The third kappa shape index (κ3) is 5.04. The molecule has 0 saturated carbocycles. The molecule has 3 rings (SSSR count). The summed E-state index contributed by atoms with van der Waals surface area (Å²) in [6.07, 6.45) is 4.31. The number of rotatable bonds is 6. The highest BCUT2D eigenvalue weighted by molar-refractivity contribution is 5.78. The Morgan fingerprint density at radius 2 is 2.00 bits per heavy atom. The smallest absolute Gasteiger partial charge is 0.268 e. The average Bonchev–Trinajstić information content (AvgIpc) is 2.68. The van der Waals surface area contributed by atoms with Crippen molar-refractivity contribution in [2.45, 2.75) is 19.3 Å². The second-order valence-corrected chi connectivity index (χ2v) is 7.04. The van der Waals surface area contributed by atoms with Crippen LogP contribution in [-0.2, 0) is 16.6 Å². The maximum atomic E-state index is 12.4. The first kappa shape index (κ1) is 18.8. The molecule has 2 saturated heterocycles. The Kier molecular flexibility index (Phi) is 6.62. The van der Waals surface area contributed by atoms with Crippen LogP contribution in [0.3, 0.4) is 0 Å². The Morgan fingerprint density at radius 1 is 1.27 bits per heavy atom. The Balaban J connectivity index is 1.36. The number of aromatic nitrogens is 2. The maximum Gasteiger partial charge on any atom is 0.268 e. The van der Waals surface area contributed by atoms with Gasteiger partial charge >= 0.3 is 0 Å². The second-order valence-electron chi connectivity index (χ2n) is 7.04. The van der Waals surface area contributed by atoms with Gasteiger partial charge in [-0.2, -0.15) is 5.10 Å². The fraction of sp³-hybridized carbons (Fsp3) is 0.722. The van der Waals surface area contributed by atoms with Crippen molar-refractivity contribution in [3.63, 3.8) is 0 Å². The standard InChI is InChI=1S/C18H29N5O3/c1-21-17(24)13-16(14-20-21)23-7-3-15(4-8-23)18(25)19-5-2-6-22-9-11-26-12-10-22/h13-15H,2-12H2,1H3,(H,19,25). The van der Waals surface area contributed by atoms with E-state index in [1.54, 1.807) is 19.3 Å². The van der Waals surface area contributed by atoms with Gasteiger partial charge in [0.05, 0.1) is 25.1 Å². The van der Waals surface area contributed by atoms with E-state index in [1.165, 1.54) is 4.68 Å². The Morgan fingerprint density at radius 3 is 2.69 bits per heavy atom. The highest BCUT2D eigenvalue weighted by Gasteiger charge is 2.25. The van der Waals surface area contributed by atoms with Crippen molar-refractivity contribution in [3.8, 4) is 0 Å². The number of nitrogens with one attached hydrogen (secondary N) is 1. The SMILES string of the molecule is Cn1ncc(N2CCC(C(=O)NCCCN3CCOCC3)CC2)cc1=O. The number of amides is 1. The van der Waals surface area contributed by atoms with Crippen molar-refractivity contribution in [3.05, 3.63) is 22.6 Å². The molecule has 2 fully saturated rings. The molecule has 3 heterocycles. The number of morpholine rings is 1. The molecule has 0 radical (unpaired) electrons. The van der Waals surface area contributed by atoms with Crippen LogP contribution in [-0.4, -0.2) is 73.1 Å². The van der Waals surface area contributed by atoms with Crippen molar-refractivity contribution in [2.24, 2.45) is 13.0 Å². The van der Waals surface area contributed by atoms with Gasteiger partial charge in [-0.15, -0.1) is 0 Å². The predicted octanol–water partition coefficient (Wildman–Crippen LogP) is -0.165. The van der Waals surface area contributed by atoms with Crippen LogP contribution in [0, 0.1) is 5.92 Å². The predicted molar refractivity (Wildman–Crippen MR) is 99.3 cm³/mol. The molecule has 1 aromatic rings. The quantitative estimate of drug-likeness (QED) is 0.708. The van der Waals surface area contributed by atoms with Gasteiger partial charge in [0, 0.05) is 51.8 Å². The van der Waals surface area contributed by atoms with Gasteiger partial charge < -0.3 is 15.0 Å². The van der Waals surface area contributed by atoms with E-state index in [2.05, 4.69) is 20.2 Å². The summed E-state index contributed by atoms with van der Waals surface area (Å²) >= 11 is 0. The molecule has 2 aliphatic rings. The minimum absolute atomic E-state index is 0.0640. The molecule has 1 amide bonds. The van der Waals surface area contributed by atoms with Crippen LogP contribution in [0.5, 0.6) is 0 Å². The van der Waals surface area contributed by atoms with Crippen LogP contribution < -0.4 is 15.8 Å². The van der Waals surface area contributed by atoms with Crippen molar-refractivity contribution >= 4 is 11.6 Å². The topological polar surface area (TPSA) is 79.7 Å². The normalized spacial score (nSPS) is 19.5. The molecule has 26 heavy (non-hydrogen) atoms. The Hall–Kier alpha value is -1.93. The second kappa shape index (κ2) is 9.14. The largest absolute Gasteiger partial charge is 0.379 e. The zero-order chi connectivity index (χ0) is 18.4.